The molecule has 0 spiro atoms. The molecule has 0 N–H and O–H groups in total. The Morgan fingerprint density at radius 2 is 2.24 bits per heavy atom. The predicted molar refractivity (Wildman–Crippen MR) is 62.6 cm³/mol. The molecular formula is C11H11ClFN3O. The first-order valence-corrected chi connectivity index (χ1v) is 5.38. The number of aryl methyl sites for hydroxylation is 1. The Hall–Kier alpha value is -1.62. The number of halogens is 2. The molecule has 0 amide bonds. The number of hydrogen-bond donors (Lipinski definition) is 0. The fourth-order valence-electron chi connectivity index (χ4n) is 1.50. The summed E-state index contributed by atoms with van der Waals surface area (Å²) in [5.41, 5.74) is 0.723. The molecule has 6 heteroatoms. The molecule has 17 heavy (non-hydrogen) atoms. The molecule has 0 bridgehead atoms. The third-order valence-corrected chi connectivity index (χ3v) is 2.43. The molecule has 0 radical (unpaired) electrons. The first kappa shape index (κ1) is 11.9. The van der Waals surface area contributed by atoms with Gasteiger partial charge in [0.05, 0.1) is 11.6 Å². The van der Waals surface area contributed by atoms with Gasteiger partial charge in [-0.1, -0.05) is 16.8 Å². The second-order valence-corrected chi connectivity index (χ2v) is 4.18. The molecule has 90 valence electrons. The number of hydrogen-bond acceptors (Lipinski definition) is 4. The van der Waals surface area contributed by atoms with Crippen LogP contribution in [0.4, 0.5) is 10.2 Å². The zero-order chi connectivity index (χ0) is 12.4. The molecule has 0 saturated carbocycles. The Labute approximate surface area is 103 Å². The minimum absolute atomic E-state index is 0.232. The predicted octanol–water partition coefficient (Wildman–Crippen LogP) is 2.81. The van der Waals surface area contributed by atoms with Crippen molar-refractivity contribution in [1.29, 1.82) is 0 Å². The topological polar surface area (TPSA) is 42.2 Å². The van der Waals surface area contributed by atoms with Crippen LogP contribution in [-0.2, 0) is 6.54 Å². The van der Waals surface area contributed by atoms with Crippen LogP contribution in [0.5, 0.6) is 0 Å². The Bertz CT molecular complexity index is 529. The van der Waals surface area contributed by atoms with Crippen LogP contribution in [0.1, 0.15) is 11.5 Å². The van der Waals surface area contributed by atoms with Crippen LogP contribution in [-0.4, -0.2) is 17.2 Å². The molecule has 0 aliphatic carbocycles. The van der Waals surface area contributed by atoms with E-state index in [1.54, 1.807) is 24.9 Å². The average molecular weight is 256 g/mol. The minimum atomic E-state index is -0.458. The third kappa shape index (κ3) is 2.74. The molecule has 0 aliphatic rings. The van der Waals surface area contributed by atoms with Gasteiger partial charge in [0, 0.05) is 19.3 Å². The number of pyridine rings is 1. The summed E-state index contributed by atoms with van der Waals surface area (Å²) in [7, 11) is 1.73. The highest BCUT2D eigenvalue weighted by atomic mass is 35.5. The molecule has 0 fully saturated rings. The van der Waals surface area contributed by atoms with Crippen LogP contribution in [0.25, 0.3) is 0 Å². The van der Waals surface area contributed by atoms with E-state index in [1.165, 1.54) is 12.3 Å². The summed E-state index contributed by atoms with van der Waals surface area (Å²) in [6.45, 7) is 2.22. The summed E-state index contributed by atoms with van der Waals surface area (Å²) in [5, 5.41) is 4.11. The summed E-state index contributed by atoms with van der Waals surface area (Å²) >= 11 is 5.64. The Balaban J connectivity index is 2.17. The Kier molecular flexibility index (Phi) is 3.28. The van der Waals surface area contributed by atoms with Crippen molar-refractivity contribution in [3.05, 3.63) is 40.6 Å². The number of nitrogens with zero attached hydrogens (tertiary/aromatic N) is 3. The average Bonchev–Trinajstić information content (AvgIpc) is 2.63. The summed E-state index contributed by atoms with van der Waals surface area (Å²) in [6.07, 6.45) is 1.41. The summed E-state index contributed by atoms with van der Waals surface area (Å²) in [5.74, 6) is 0.494. The highest BCUT2D eigenvalue weighted by Crippen LogP contribution is 2.19. The van der Waals surface area contributed by atoms with Crippen molar-refractivity contribution >= 4 is 17.4 Å². The largest absolute Gasteiger partial charge is 0.361 e. The van der Waals surface area contributed by atoms with Gasteiger partial charge < -0.3 is 9.42 Å². The van der Waals surface area contributed by atoms with Crippen LogP contribution < -0.4 is 4.90 Å². The van der Waals surface area contributed by atoms with E-state index in [0.717, 1.165) is 11.5 Å². The SMILES string of the molecule is Cc1cc(CN(C)c2ncc(Cl)cc2F)no1. The van der Waals surface area contributed by atoms with Gasteiger partial charge in [-0.15, -0.1) is 0 Å². The molecule has 2 aromatic heterocycles. The van der Waals surface area contributed by atoms with E-state index in [-0.39, 0.29) is 10.8 Å². The van der Waals surface area contributed by atoms with Crippen LogP contribution in [0.2, 0.25) is 5.02 Å². The summed E-state index contributed by atoms with van der Waals surface area (Å²) in [6, 6.07) is 3.03. The maximum atomic E-state index is 13.6. The first-order valence-electron chi connectivity index (χ1n) is 5.00. The van der Waals surface area contributed by atoms with Crippen molar-refractivity contribution in [2.24, 2.45) is 0 Å². The van der Waals surface area contributed by atoms with Crippen LogP contribution in [0, 0.1) is 12.7 Å². The maximum Gasteiger partial charge on any atom is 0.167 e. The van der Waals surface area contributed by atoms with Gasteiger partial charge in [-0.3, -0.25) is 0 Å². The number of anilines is 1. The Morgan fingerprint density at radius 1 is 1.47 bits per heavy atom. The third-order valence-electron chi connectivity index (χ3n) is 2.23. The van der Waals surface area contributed by atoms with E-state index in [0.29, 0.717) is 6.54 Å². The van der Waals surface area contributed by atoms with Crippen molar-refractivity contribution in [3.63, 3.8) is 0 Å². The molecule has 0 aliphatic heterocycles. The molecule has 0 unspecified atom stereocenters. The molecule has 4 nitrogen and oxygen atoms in total. The summed E-state index contributed by atoms with van der Waals surface area (Å²) in [4.78, 5) is 5.58. The van der Waals surface area contributed by atoms with E-state index >= 15 is 0 Å². The van der Waals surface area contributed by atoms with Crippen LogP contribution in [0.15, 0.2) is 22.9 Å². The molecule has 2 rings (SSSR count). The monoisotopic (exact) mass is 255 g/mol. The zero-order valence-corrected chi connectivity index (χ0v) is 10.2. The normalized spacial score (nSPS) is 10.6. The number of rotatable bonds is 3. The van der Waals surface area contributed by atoms with Gasteiger partial charge in [0.2, 0.25) is 0 Å². The maximum absolute atomic E-state index is 13.6. The molecule has 0 atom stereocenters. The van der Waals surface area contributed by atoms with Gasteiger partial charge >= 0.3 is 0 Å². The number of aromatic nitrogens is 2. The van der Waals surface area contributed by atoms with Crippen LogP contribution in [0.3, 0.4) is 0 Å². The van der Waals surface area contributed by atoms with Crippen molar-refractivity contribution in [3.8, 4) is 0 Å². The fraction of sp³-hybridized carbons (Fsp3) is 0.273. The van der Waals surface area contributed by atoms with E-state index in [2.05, 4.69) is 10.1 Å². The summed E-state index contributed by atoms with van der Waals surface area (Å²) < 4.78 is 18.5. The van der Waals surface area contributed by atoms with E-state index < -0.39 is 5.82 Å². The van der Waals surface area contributed by atoms with E-state index in [9.17, 15) is 4.39 Å². The fourth-order valence-corrected chi connectivity index (χ4v) is 1.64. The smallest absolute Gasteiger partial charge is 0.167 e. The standard InChI is InChI=1S/C11H11ClFN3O/c1-7-3-9(15-17-7)6-16(2)11-10(13)4-8(12)5-14-11/h3-5H,6H2,1-2H3. The highest BCUT2D eigenvalue weighted by Gasteiger charge is 2.12. The lowest BCUT2D eigenvalue weighted by Crippen LogP contribution is -2.19. The van der Waals surface area contributed by atoms with Crippen molar-refractivity contribution < 1.29 is 8.91 Å². The second kappa shape index (κ2) is 4.71. The lowest BCUT2D eigenvalue weighted by Gasteiger charge is -2.16. The lowest BCUT2D eigenvalue weighted by molar-refractivity contribution is 0.390. The molecule has 2 heterocycles. The lowest BCUT2D eigenvalue weighted by atomic mass is 10.3. The van der Waals surface area contributed by atoms with Crippen molar-refractivity contribution in [2.75, 3.05) is 11.9 Å². The first-order chi connectivity index (χ1) is 8.06. The second-order valence-electron chi connectivity index (χ2n) is 3.74. The van der Waals surface area contributed by atoms with Gasteiger partial charge in [0.25, 0.3) is 0 Å². The zero-order valence-electron chi connectivity index (χ0n) is 9.44. The molecule has 2 aromatic rings. The van der Waals surface area contributed by atoms with Crippen molar-refractivity contribution in [1.82, 2.24) is 10.1 Å². The van der Waals surface area contributed by atoms with Gasteiger partial charge in [-0.2, -0.15) is 0 Å². The van der Waals surface area contributed by atoms with E-state index in [4.69, 9.17) is 16.1 Å². The van der Waals surface area contributed by atoms with Gasteiger partial charge in [0.15, 0.2) is 11.6 Å². The quantitative estimate of drug-likeness (QED) is 0.846. The molecular weight excluding hydrogens is 245 g/mol. The molecule has 0 saturated heterocycles. The Morgan fingerprint density at radius 3 is 2.82 bits per heavy atom. The molecule has 0 aromatic carbocycles. The van der Waals surface area contributed by atoms with Gasteiger partial charge in [0.1, 0.15) is 11.5 Å². The van der Waals surface area contributed by atoms with E-state index in [1.807, 2.05) is 0 Å². The van der Waals surface area contributed by atoms with Crippen LogP contribution >= 0.6 is 11.6 Å². The van der Waals surface area contributed by atoms with Gasteiger partial charge in [-0.25, -0.2) is 9.37 Å². The van der Waals surface area contributed by atoms with Gasteiger partial charge in [-0.05, 0) is 13.0 Å². The van der Waals surface area contributed by atoms with Crippen molar-refractivity contribution in [2.45, 2.75) is 13.5 Å². The minimum Gasteiger partial charge on any atom is -0.361 e. The highest BCUT2D eigenvalue weighted by molar-refractivity contribution is 6.30.